The summed E-state index contributed by atoms with van der Waals surface area (Å²) in [5.41, 5.74) is 0.440. The number of anilines is 1. The highest BCUT2D eigenvalue weighted by Gasteiger charge is 2.18. The molecule has 0 bridgehead atoms. The van der Waals surface area contributed by atoms with E-state index in [-0.39, 0.29) is 11.3 Å². The van der Waals surface area contributed by atoms with Gasteiger partial charge in [0.05, 0.1) is 25.5 Å². The molecule has 2 aromatic carbocycles. The van der Waals surface area contributed by atoms with E-state index in [0.29, 0.717) is 23.5 Å². The van der Waals surface area contributed by atoms with Gasteiger partial charge in [-0.15, -0.1) is 6.58 Å². The average molecular weight is 391 g/mol. The largest absolute Gasteiger partial charge is 0.493 e. The lowest BCUT2D eigenvalue weighted by Gasteiger charge is -2.14. The van der Waals surface area contributed by atoms with Crippen LogP contribution in [0.25, 0.3) is 0 Å². The molecule has 2 rings (SSSR count). The van der Waals surface area contributed by atoms with Gasteiger partial charge in [0, 0.05) is 11.6 Å². The number of benzene rings is 2. The van der Waals surface area contributed by atoms with Crippen LogP contribution in [0.4, 0.5) is 14.5 Å². The molecule has 2 aromatic rings. The van der Waals surface area contributed by atoms with Gasteiger partial charge in [-0.05, 0) is 30.7 Å². The topological polar surface area (TPSA) is 73.9 Å². The van der Waals surface area contributed by atoms with Crippen molar-refractivity contribution in [1.82, 2.24) is 0 Å². The second kappa shape index (κ2) is 9.50. The molecule has 0 atom stereocenters. The maximum atomic E-state index is 13.5. The van der Waals surface area contributed by atoms with Crippen LogP contribution in [0.15, 0.2) is 43.0 Å². The van der Waals surface area contributed by atoms with Crippen LogP contribution in [0.2, 0.25) is 0 Å². The lowest BCUT2D eigenvalue weighted by molar-refractivity contribution is -0.119. The summed E-state index contributed by atoms with van der Waals surface area (Å²) < 4.78 is 42.1. The van der Waals surface area contributed by atoms with Crippen molar-refractivity contribution in [3.8, 4) is 11.5 Å². The van der Waals surface area contributed by atoms with Crippen LogP contribution < -0.4 is 14.8 Å². The van der Waals surface area contributed by atoms with Gasteiger partial charge >= 0.3 is 5.97 Å². The summed E-state index contributed by atoms with van der Waals surface area (Å²) in [6.07, 6.45) is 2.05. The Morgan fingerprint density at radius 3 is 2.54 bits per heavy atom. The van der Waals surface area contributed by atoms with Crippen molar-refractivity contribution in [2.75, 3.05) is 26.1 Å². The summed E-state index contributed by atoms with van der Waals surface area (Å²) in [6, 6.07) is 5.57. The van der Waals surface area contributed by atoms with Crippen molar-refractivity contribution in [1.29, 1.82) is 0 Å². The molecule has 6 nitrogen and oxygen atoms in total. The first kappa shape index (κ1) is 20.9. The van der Waals surface area contributed by atoms with Crippen molar-refractivity contribution in [3.05, 3.63) is 65.7 Å². The maximum Gasteiger partial charge on any atom is 0.338 e. The Balaban J connectivity index is 2.09. The molecule has 8 heteroatoms. The van der Waals surface area contributed by atoms with E-state index in [2.05, 4.69) is 11.9 Å². The lowest BCUT2D eigenvalue weighted by atomic mass is 10.1. The highest BCUT2D eigenvalue weighted by Crippen LogP contribution is 2.33. The number of allylic oxidation sites excluding steroid dienone is 1. The van der Waals surface area contributed by atoms with Gasteiger partial charge in [0.1, 0.15) is 11.6 Å². The third kappa shape index (κ3) is 5.06. The fraction of sp³-hybridized carbons (Fsp3) is 0.200. The Labute approximate surface area is 160 Å². The van der Waals surface area contributed by atoms with E-state index in [1.54, 1.807) is 6.08 Å². The number of ether oxygens (including phenoxy) is 3. The van der Waals surface area contributed by atoms with Crippen molar-refractivity contribution >= 4 is 17.6 Å². The molecule has 0 unspecified atom stereocenters. The zero-order valence-corrected chi connectivity index (χ0v) is 15.4. The third-order valence-corrected chi connectivity index (χ3v) is 3.69. The van der Waals surface area contributed by atoms with Gasteiger partial charge in [0.2, 0.25) is 0 Å². The SMILES string of the molecule is C=CCc1cc(C(=O)OCC(=O)Nc2cc(F)ccc2F)cc(OC)c1OC. The molecule has 1 N–H and O–H groups in total. The molecular weight excluding hydrogens is 372 g/mol. The fourth-order valence-electron chi connectivity index (χ4n) is 2.46. The van der Waals surface area contributed by atoms with Crippen LogP contribution in [-0.4, -0.2) is 32.7 Å². The first-order chi connectivity index (χ1) is 13.4. The number of hydrogen-bond donors (Lipinski definition) is 1. The van der Waals surface area contributed by atoms with Crippen LogP contribution in [0.1, 0.15) is 15.9 Å². The van der Waals surface area contributed by atoms with Crippen molar-refractivity contribution < 1.29 is 32.6 Å². The molecule has 0 spiro atoms. The Bertz CT molecular complexity index is 898. The summed E-state index contributed by atoms with van der Waals surface area (Å²) in [6.45, 7) is 2.97. The van der Waals surface area contributed by atoms with Crippen LogP contribution in [-0.2, 0) is 16.0 Å². The summed E-state index contributed by atoms with van der Waals surface area (Å²) >= 11 is 0. The van der Waals surface area contributed by atoms with Crippen molar-refractivity contribution in [2.45, 2.75) is 6.42 Å². The molecule has 0 radical (unpaired) electrons. The van der Waals surface area contributed by atoms with E-state index in [0.717, 1.165) is 18.2 Å². The molecular formula is C20H19F2NO5. The number of rotatable bonds is 8. The molecule has 0 saturated carbocycles. The van der Waals surface area contributed by atoms with Gasteiger partial charge in [-0.3, -0.25) is 4.79 Å². The number of carbonyl (C=O) groups is 2. The van der Waals surface area contributed by atoms with E-state index >= 15 is 0 Å². The predicted octanol–water partition coefficient (Wildman–Crippen LogP) is 3.51. The molecule has 0 aliphatic heterocycles. The summed E-state index contributed by atoms with van der Waals surface area (Å²) in [4.78, 5) is 24.2. The Morgan fingerprint density at radius 1 is 1.14 bits per heavy atom. The van der Waals surface area contributed by atoms with Crippen LogP contribution in [0.5, 0.6) is 11.5 Å². The van der Waals surface area contributed by atoms with Gasteiger partial charge in [-0.2, -0.15) is 0 Å². The molecule has 0 fully saturated rings. The van der Waals surface area contributed by atoms with E-state index in [4.69, 9.17) is 14.2 Å². The summed E-state index contributed by atoms with van der Waals surface area (Å²) in [5, 5.41) is 2.14. The van der Waals surface area contributed by atoms with E-state index < -0.39 is 30.1 Å². The van der Waals surface area contributed by atoms with Crippen LogP contribution in [0.3, 0.4) is 0 Å². The quantitative estimate of drug-likeness (QED) is 0.551. The Hall–Kier alpha value is -3.42. The number of hydrogen-bond acceptors (Lipinski definition) is 5. The molecule has 1 amide bonds. The van der Waals surface area contributed by atoms with Gasteiger partial charge in [0.15, 0.2) is 18.1 Å². The molecule has 0 heterocycles. The lowest BCUT2D eigenvalue weighted by Crippen LogP contribution is -2.21. The van der Waals surface area contributed by atoms with Gasteiger partial charge in [-0.1, -0.05) is 6.08 Å². The molecule has 28 heavy (non-hydrogen) atoms. The minimum atomic E-state index is -0.815. The monoisotopic (exact) mass is 391 g/mol. The second-order valence-electron chi connectivity index (χ2n) is 5.61. The zero-order valence-electron chi connectivity index (χ0n) is 15.4. The zero-order chi connectivity index (χ0) is 20.7. The highest BCUT2D eigenvalue weighted by atomic mass is 19.1. The highest BCUT2D eigenvalue weighted by molar-refractivity contribution is 5.96. The summed E-state index contributed by atoms with van der Waals surface area (Å²) in [5.74, 6) is -2.35. The second-order valence-corrected chi connectivity index (χ2v) is 5.61. The Morgan fingerprint density at radius 2 is 1.89 bits per heavy atom. The van der Waals surface area contributed by atoms with Gasteiger partial charge < -0.3 is 19.5 Å². The number of methoxy groups -OCH3 is 2. The molecule has 0 saturated heterocycles. The standard InChI is InChI=1S/C20H19F2NO5/c1-4-5-12-8-13(9-17(26-2)19(12)27-3)20(25)28-11-18(24)23-16-10-14(21)6-7-15(16)22/h4,6-10H,1,5,11H2,2-3H3,(H,23,24). The fourth-order valence-corrected chi connectivity index (χ4v) is 2.46. The number of halogens is 2. The maximum absolute atomic E-state index is 13.5. The first-order valence-corrected chi connectivity index (χ1v) is 8.17. The molecule has 0 aromatic heterocycles. The van der Waals surface area contributed by atoms with E-state index in [1.165, 1.54) is 26.4 Å². The number of nitrogens with one attached hydrogen (secondary N) is 1. The minimum Gasteiger partial charge on any atom is -0.493 e. The molecule has 0 aliphatic carbocycles. The minimum absolute atomic E-state index is 0.138. The average Bonchev–Trinajstić information content (AvgIpc) is 2.68. The smallest absolute Gasteiger partial charge is 0.338 e. The van der Waals surface area contributed by atoms with Gasteiger partial charge in [-0.25, -0.2) is 13.6 Å². The third-order valence-electron chi connectivity index (χ3n) is 3.69. The van der Waals surface area contributed by atoms with Crippen LogP contribution in [0, 0.1) is 11.6 Å². The van der Waals surface area contributed by atoms with E-state index in [1.807, 2.05) is 0 Å². The van der Waals surface area contributed by atoms with Gasteiger partial charge in [0.25, 0.3) is 5.91 Å². The predicted molar refractivity (Wildman–Crippen MR) is 98.7 cm³/mol. The number of amides is 1. The summed E-state index contributed by atoms with van der Waals surface area (Å²) in [7, 11) is 2.89. The molecule has 148 valence electrons. The normalized spacial score (nSPS) is 10.1. The first-order valence-electron chi connectivity index (χ1n) is 8.17. The van der Waals surface area contributed by atoms with E-state index in [9.17, 15) is 18.4 Å². The number of carbonyl (C=O) groups excluding carboxylic acids is 2. The van der Waals surface area contributed by atoms with Crippen LogP contribution >= 0.6 is 0 Å². The van der Waals surface area contributed by atoms with Crippen molar-refractivity contribution in [3.63, 3.8) is 0 Å². The Kier molecular flexibility index (Phi) is 7.08. The number of esters is 1. The van der Waals surface area contributed by atoms with Crippen molar-refractivity contribution in [2.24, 2.45) is 0 Å². The molecule has 0 aliphatic rings.